The van der Waals surface area contributed by atoms with Crippen molar-refractivity contribution in [3.05, 3.63) is 35.9 Å². The van der Waals surface area contributed by atoms with Gasteiger partial charge in [-0.1, -0.05) is 30.3 Å². The number of hydrogen-bond acceptors (Lipinski definition) is 2. The smallest absolute Gasteiger partial charge is 0.320 e. The summed E-state index contributed by atoms with van der Waals surface area (Å²) in [6.45, 7) is 4.37. The molecule has 1 unspecified atom stereocenters. The van der Waals surface area contributed by atoms with Crippen LogP contribution >= 0.6 is 11.6 Å². The van der Waals surface area contributed by atoms with E-state index < -0.39 is 17.3 Å². The van der Waals surface area contributed by atoms with Gasteiger partial charge in [0.2, 0.25) is 5.91 Å². The van der Waals surface area contributed by atoms with Crippen molar-refractivity contribution in [2.45, 2.75) is 25.8 Å². The largest absolute Gasteiger partial charge is 0.324 e. The SMILES string of the molecule is CCN(Cc1ccccc1)C(=O)NC(=O)C(C)Cl. The Bertz CT molecular complexity index is 407. The number of nitrogens with one attached hydrogen (secondary N) is 1. The highest BCUT2D eigenvalue weighted by atomic mass is 35.5. The van der Waals surface area contributed by atoms with Gasteiger partial charge in [-0.3, -0.25) is 10.1 Å². The molecule has 18 heavy (non-hydrogen) atoms. The molecule has 5 heteroatoms. The van der Waals surface area contributed by atoms with Crippen LogP contribution in [0.15, 0.2) is 30.3 Å². The van der Waals surface area contributed by atoms with Gasteiger partial charge < -0.3 is 4.90 Å². The normalized spacial score (nSPS) is 11.7. The first-order chi connectivity index (χ1) is 8.54. The first-order valence-corrected chi connectivity index (χ1v) is 6.26. The lowest BCUT2D eigenvalue weighted by Crippen LogP contribution is -2.44. The highest BCUT2D eigenvalue weighted by molar-refractivity contribution is 6.31. The number of rotatable bonds is 4. The molecular formula is C13H17ClN2O2. The van der Waals surface area contributed by atoms with E-state index in [0.29, 0.717) is 13.1 Å². The molecule has 0 aliphatic heterocycles. The Labute approximate surface area is 112 Å². The van der Waals surface area contributed by atoms with E-state index in [-0.39, 0.29) is 0 Å². The van der Waals surface area contributed by atoms with Gasteiger partial charge in [-0.05, 0) is 19.4 Å². The molecule has 0 aliphatic carbocycles. The van der Waals surface area contributed by atoms with Crippen LogP contribution in [0.2, 0.25) is 0 Å². The zero-order chi connectivity index (χ0) is 13.5. The van der Waals surface area contributed by atoms with Crippen molar-refractivity contribution in [2.75, 3.05) is 6.54 Å². The van der Waals surface area contributed by atoms with E-state index in [9.17, 15) is 9.59 Å². The molecule has 1 atom stereocenters. The number of alkyl halides is 1. The molecule has 3 amide bonds. The Morgan fingerprint density at radius 3 is 2.44 bits per heavy atom. The number of nitrogens with zero attached hydrogens (tertiary/aromatic N) is 1. The molecule has 0 radical (unpaired) electrons. The van der Waals surface area contributed by atoms with Crippen molar-refractivity contribution >= 4 is 23.5 Å². The van der Waals surface area contributed by atoms with E-state index in [1.807, 2.05) is 37.3 Å². The molecule has 0 spiro atoms. The van der Waals surface area contributed by atoms with Crippen LogP contribution in [-0.2, 0) is 11.3 Å². The van der Waals surface area contributed by atoms with Gasteiger partial charge in [0.25, 0.3) is 0 Å². The van der Waals surface area contributed by atoms with E-state index in [2.05, 4.69) is 5.32 Å². The number of halogens is 1. The molecule has 1 aromatic carbocycles. The van der Waals surface area contributed by atoms with Gasteiger partial charge in [-0.25, -0.2) is 4.79 Å². The molecule has 0 saturated heterocycles. The number of carbonyl (C=O) groups is 2. The molecule has 0 aliphatic rings. The van der Waals surface area contributed by atoms with Gasteiger partial charge in [-0.2, -0.15) is 0 Å². The van der Waals surface area contributed by atoms with Crippen LogP contribution in [0.25, 0.3) is 0 Å². The van der Waals surface area contributed by atoms with Crippen LogP contribution in [0.4, 0.5) is 4.79 Å². The molecule has 4 nitrogen and oxygen atoms in total. The summed E-state index contributed by atoms with van der Waals surface area (Å²) in [6.07, 6.45) is 0. The standard InChI is InChI=1S/C13H17ClN2O2/c1-3-16(9-11-7-5-4-6-8-11)13(18)15-12(17)10(2)14/h4-8,10H,3,9H2,1-2H3,(H,15,17,18). The molecule has 0 saturated carbocycles. The average Bonchev–Trinajstić information content (AvgIpc) is 2.36. The maximum absolute atomic E-state index is 11.8. The predicted octanol–water partition coefficient (Wildman–Crippen LogP) is 2.37. The number of carbonyl (C=O) groups excluding carboxylic acids is 2. The summed E-state index contributed by atoms with van der Waals surface area (Å²) in [4.78, 5) is 24.7. The highest BCUT2D eigenvalue weighted by Crippen LogP contribution is 2.04. The van der Waals surface area contributed by atoms with Crippen molar-refractivity contribution < 1.29 is 9.59 Å². The highest BCUT2D eigenvalue weighted by Gasteiger charge is 2.17. The second-order valence-corrected chi connectivity index (χ2v) is 4.56. The van der Waals surface area contributed by atoms with E-state index >= 15 is 0 Å². The molecule has 98 valence electrons. The number of urea groups is 1. The van der Waals surface area contributed by atoms with Crippen LogP contribution < -0.4 is 5.32 Å². The number of amides is 3. The van der Waals surface area contributed by atoms with Crippen molar-refractivity contribution in [3.8, 4) is 0 Å². The summed E-state index contributed by atoms with van der Waals surface area (Å²) in [5.41, 5.74) is 1.01. The van der Waals surface area contributed by atoms with Crippen LogP contribution in [0.1, 0.15) is 19.4 Å². The van der Waals surface area contributed by atoms with E-state index in [1.54, 1.807) is 4.90 Å². The zero-order valence-electron chi connectivity index (χ0n) is 10.5. The van der Waals surface area contributed by atoms with Gasteiger partial charge in [0.1, 0.15) is 5.38 Å². The second kappa shape index (κ2) is 7.01. The van der Waals surface area contributed by atoms with Crippen molar-refractivity contribution in [3.63, 3.8) is 0 Å². The Morgan fingerprint density at radius 1 is 1.33 bits per heavy atom. The Kier molecular flexibility index (Phi) is 5.65. The summed E-state index contributed by atoms with van der Waals surface area (Å²) >= 11 is 5.60. The predicted molar refractivity (Wildman–Crippen MR) is 71.4 cm³/mol. The van der Waals surface area contributed by atoms with Crippen molar-refractivity contribution in [1.29, 1.82) is 0 Å². The monoisotopic (exact) mass is 268 g/mol. The van der Waals surface area contributed by atoms with Gasteiger partial charge in [0.15, 0.2) is 0 Å². The molecule has 0 fully saturated rings. The molecular weight excluding hydrogens is 252 g/mol. The number of benzene rings is 1. The quantitative estimate of drug-likeness (QED) is 0.853. The lowest BCUT2D eigenvalue weighted by Gasteiger charge is -2.21. The van der Waals surface area contributed by atoms with E-state index in [0.717, 1.165) is 5.56 Å². The maximum atomic E-state index is 11.8. The van der Waals surface area contributed by atoms with Gasteiger partial charge in [-0.15, -0.1) is 11.6 Å². The fourth-order valence-electron chi connectivity index (χ4n) is 1.41. The minimum absolute atomic E-state index is 0.418. The number of hydrogen-bond donors (Lipinski definition) is 1. The Morgan fingerprint density at radius 2 is 1.94 bits per heavy atom. The minimum atomic E-state index is -0.718. The summed E-state index contributed by atoms with van der Waals surface area (Å²) in [6, 6.07) is 9.18. The van der Waals surface area contributed by atoms with Gasteiger partial charge in [0, 0.05) is 13.1 Å². The van der Waals surface area contributed by atoms with Crippen LogP contribution in [0, 0.1) is 0 Å². The average molecular weight is 269 g/mol. The van der Waals surface area contributed by atoms with E-state index in [4.69, 9.17) is 11.6 Å². The summed E-state index contributed by atoms with van der Waals surface area (Å²) in [5, 5.41) is 1.55. The first-order valence-electron chi connectivity index (χ1n) is 5.82. The minimum Gasteiger partial charge on any atom is -0.320 e. The van der Waals surface area contributed by atoms with Gasteiger partial charge >= 0.3 is 6.03 Å². The van der Waals surface area contributed by atoms with Crippen LogP contribution in [0.5, 0.6) is 0 Å². The second-order valence-electron chi connectivity index (χ2n) is 3.91. The lowest BCUT2D eigenvalue weighted by molar-refractivity contribution is -0.119. The fraction of sp³-hybridized carbons (Fsp3) is 0.385. The third-order valence-electron chi connectivity index (χ3n) is 2.48. The Hall–Kier alpha value is -1.55. The van der Waals surface area contributed by atoms with Crippen molar-refractivity contribution in [1.82, 2.24) is 10.2 Å². The maximum Gasteiger partial charge on any atom is 0.324 e. The van der Waals surface area contributed by atoms with Gasteiger partial charge in [0.05, 0.1) is 0 Å². The molecule has 0 heterocycles. The summed E-state index contributed by atoms with van der Waals surface area (Å²) in [5.74, 6) is -0.479. The zero-order valence-corrected chi connectivity index (χ0v) is 11.3. The molecule has 1 N–H and O–H groups in total. The summed E-state index contributed by atoms with van der Waals surface area (Å²) < 4.78 is 0. The third-order valence-corrected chi connectivity index (χ3v) is 2.67. The van der Waals surface area contributed by atoms with Crippen LogP contribution in [-0.4, -0.2) is 28.8 Å². The molecule has 1 rings (SSSR count). The Balaban J connectivity index is 2.61. The van der Waals surface area contributed by atoms with E-state index in [1.165, 1.54) is 6.92 Å². The molecule has 0 bridgehead atoms. The van der Waals surface area contributed by atoms with Crippen LogP contribution in [0.3, 0.4) is 0 Å². The third kappa shape index (κ3) is 4.37. The molecule has 0 aromatic heterocycles. The fourth-order valence-corrected chi connectivity index (χ4v) is 1.47. The number of imide groups is 1. The first kappa shape index (κ1) is 14.5. The topological polar surface area (TPSA) is 49.4 Å². The lowest BCUT2D eigenvalue weighted by atomic mass is 10.2. The van der Waals surface area contributed by atoms with Crippen molar-refractivity contribution in [2.24, 2.45) is 0 Å². The molecule has 1 aromatic rings. The summed E-state index contributed by atoms with van der Waals surface area (Å²) in [7, 11) is 0.